The van der Waals surface area contributed by atoms with E-state index in [4.69, 9.17) is 4.74 Å². The van der Waals surface area contributed by atoms with Gasteiger partial charge in [0.25, 0.3) is 0 Å². The number of hydrogen-bond acceptors (Lipinski definition) is 3. The third kappa shape index (κ3) is 4.42. The molecule has 1 atom stereocenters. The molecule has 22 heavy (non-hydrogen) atoms. The van der Waals surface area contributed by atoms with Crippen LogP contribution in [0, 0.1) is 0 Å². The Balaban J connectivity index is 1.95. The topological polar surface area (TPSA) is 29.5 Å². The van der Waals surface area contributed by atoms with Crippen LogP contribution in [-0.4, -0.2) is 23.5 Å². The number of rotatable bonds is 5. The molecule has 0 saturated carbocycles. The van der Waals surface area contributed by atoms with Crippen LogP contribution in [0.5, 0.6) is 5.75 Å². The highest BCUT2D eigenvalue weighted by atomic mass is 32.2. The average Bonchev–Trinajstić information content (AvgIpc) is 2.46. The van der Waals surface area contributed by atoms with Crippen molar-refractivity contribution in [3.05, 3.63) is 54.6 Å². The van der Waals surface area contributed by atoms with Crippen LogP contribution in [0.25, 0.3) is 0 Å². The van der Waals surface area contributed by atoms with Crippen LogP contribution in [0.1, 0.15) is 6.92 Å². The predicted molar refractivity (Wildman–Crippen MR) is 79.2 cm³/mol. The third-order valence-electron chi connectivity index (χ3n) is 2.93. The Bertz CT molecular complexity index is 595. The molecule has 1 N–H and O–H groups in total. The van der Waals surface area contributed by atoms with Gasteiger partial charge >= 0.3 is 6.18 Å². The fraction of sp³-hybridized carbons (Fsp3) is 0.250. The Labute approximate surface area is 130 Å². The van der Waals surface area contributed by atoms with E-state index in [9.17, 15) is 18.3 Å². The van der Waals surface area contributed by atoms with Crippen molar-refractivity contribution in [3.8, 4) is 5.75 Å². The standard InChI is InChI=1S/C16H15F3O2S/c1-15(20,16(17,18)19)11-21-12-7-9-14(10-8-12)22-13-5-3-2-4-6-13/h2-10,20H,11H2,1H3. The molecule has 2 aromatic rings. The van der Waals surface area contributed by atoms with Gasteiger partial charge in [0, 0.05) is 9.79 Å². The van der Waals surface area contributed by atoms with Crippen molar-refractivity contribution in [3.63, 3.8) is 0 Å². The van der Waals surface area contributed by atoms with Gasteiger partial charge in [0.15, 0.2) is 5.60 Å². The SMILES string of the molecule is CC(O)(COc1ccc(Sc2ccccc2)cc1)C(F)(F)F. The van der Waals surface area contributed by atoms with Crippen LogP contribution >= 0.6 is 11.8 Å². The van der Waals surface area contributed by atoms with Gasteiger partial charge in [-0.05, 0) is 43.3 Å². The summed E-state index contributed by atoms with van der Waals surface area (Å²) in [5.74, 6) is 0.280. The van der Waals surface area contributed by atoms with Gasteiger partial charge in [-0.25, -0.2) is 0 Å². The van der Waals surface area contributed by atoms with Gasteiger partial charge in [-0.1, -0.05) is 30.0 Å². The first-order valence-corrected chi connectivity index (χ1v) is 7.34. The number of aliphatic hydroxyl groups is 1. The maximum Gasteiger partial charge on any atom is 0.420 e. The summed E-state index contributed by atoms with van der Waals surface area (Å²) in [7, 11) is 0. The molecule has 0 heterocycles. The summed E-state index contributed by atoms with van der Waals surface area (Å²) in [6.07, 6.45) is -4.73. The Hall–Kier alpha value is -1.66. The van der Waals surface area contributed by atoms with Crippen LogP contribution in [0.15, 0.2) is 64.4 Å². The normalized spacial score (nSPS) is 14.4. The summed E-state index contributed by atoms with van der Waals surface area (Å²) in [6.45, 7) is -0.158. The molecule has 0 aliphatic heterocycles. The van der Waals surface area contributed by atoms with Gasteiger partial charge in [0.1, 0.15) is 12.4 Å². The van der Waals surface area contributed by atoms with E-state index in [-0.39, 0.29) is 5.75 Å². The van der Waals surface area contributed by atoms with Crippen molar-refractivity contribution in [1.29, 1.82) is 0 Å². The van der Waals surface area contributed by atoms with Gasteiger partial charge in [-0.3, -0.25) is 0 Å². The molecule has 0 aliphatic carbocycles. The molecule has 2 aromatic carbocycles. The van der Waals surface area contributed by atoms with E-state index in [0.717, 1.165) is 9.79 Å². The molecule has 0 fully saturated rings. The van der Waals surface area contributed by atoms with Crippen molar-refractivity contribution in [2.75, 3.05) is 6.61 Å². The van der Waals surface area contributed by atoms with Crippen LogP contribution in [-0.2, 0) is 0 Å². The smallest absolute Gasteiger partial charge is 0.420 e. The number of alkyl halides is 3. The van der Waals surface area contributed by atoms with Gasteiger partial charge in [0.05, 0.1) is 0 Å². The summed E-state index contributed by atoms with van der Waals surface area (Å²) in [4.78, 5) is 2.01. The second kappa shape index (κ2) is 6.62. The number of benzene rings is 2. The zero-order chi connectivity index (χ0) is 16.2. The predicted octanol–water partition coefficient (Wildman–Crippen LogP) is 4.53. The van der Waals surface area contributed by atoms with Crippen molar-refractivity contribution in [1.82, 2.24) is 0 Å². The zero-order valence-corrected chi connectivity index (χ0v) is 12.6. The second-order valence-electron chi connectivity index (χ2n) is 4.95. The molecule has 0 bridgehead atoms. The number of halogens is 3. The van der Waals surface area contributed by atoms with Crippen molar-refractivity contribution < 1.29 is 23.0 Å². The van der Waals surface area contributed by atoms with Crippen molar-refractivity contribution in [2.24, 2.45) is 0 Å². The molecule has 2 rings (SSSR count). The van der Waals surface area contributed by atoms with E-state index in [1.807, 2.05) is 30.3 Å². The molecule has 0 amide bonds. The minimum absolute atomic E-state index is 0.280. The van der Waals surface area contributed by atoms with E-state index in [0.29, 0.717) is 6.92 Å². The zero-order valence-electron chi connectivity index (χ0n) is 11.8. The Kier molecular flexibility index (Phi) is 5.03. The molecule has 0 spiro atoms. The highest BCUT2D eigenvalue weighted by Gasteiger charge is 2.50. The second-order valence-corrected chi connectivity index (χ2v) is 6.09. The molecule has 6 heteroatoms. The maximum atomic E-state index is 12.5. The first kappa shape index (κ1) is 16.7. The minimum atomic E-state index is -4.73. The molecular weight excluding hydrogens is 313 g/mol. The number of ether oxygens (including phenoxy) is 1. The first-order chi connectivity index (χ1) is 10.3. The maximum absolute atomic E-state index is 12.5. The van der Waals surface area contributed by atoms with Gasteiger partial charge < -0.3 is 9.84 Å². The van der Waals surface area contributed by atoms with Crippen molar-refractivity contribution in [2.45, 2.75) is 28.5 Å². The van der Waals surface area contributed by atoms with Crippen LogP contribution in [0.2, 0.25) is 0 Å². The fourth-order valence-electron chi connectivity index (χ4n) is 1.53. The molecule has 0 aromatic heterocycles. The summed E-state index contributed by atoms with van der Waals surface area (Å²) >= 11 is 1.54. The molecule has 1 unspecified atom stereocenters. The van der Waals surface area contributed by atoms with Gasteiger partial charge in [-0.2, -0.15) is 13.2 Å². The summed E-state index contributed by atoms with van der Waals surface area (Å²) in [6, 6.07) is 16.4. The summed E-state index contributed by atoms with van der Waals surface area (Å²) in [5, 5.41) is 9.31. The summed E-state index contributed by atoms with van der Waals surface area (Å²) in [5.41, 5.74) is -2.87. The van der Waals surface area contributed by atoms with Crippen LogP contribution in [0.4, 0.5) is 13.2 Å². The van der Waals surface area contributed by atoms with E-state index in [2.05, 4.69) is 0 Å². The largest absolute Gasteiger partial charge is 0.490 e. The molecule has 0 radical (unpaired) electrons. The van der Waals surface area contributed by atoms with Crippen molar-refractivity contribution >= 4 is 11.8 Å². The highest BCUT2D eigenvalue weighted by molar-refractivity contribution is 7.99. The summed E-state index contributed by atoms with van der Waals surface area (Å²) < 4.78 is 42.6. The third-order valence-corrected chi connectivity index (χ3v) is 3.95. The molecule has 118 valence electrons. The Morgan fingerprint density at radius 1 is 0.955 bits per heavy atom. The lowest BCUT2D eigenvalue weighted by molar-refractivity contribution is -0.260. The monoisotopic (exact) mass is 328 g/mol. The van der Waals surface area contributed by atoms with E-state index < -0.39 is 18.4 Å². The molecule has 0 saturated heterocycles. The molecule has 2 nitrogen and oxygen atoms in total. The highest BCUT2D eigenvalue weighted by Crippen LogP contribution is 2.32. The Morgan fingerprint density at radius 3 is 2.05 bits per heavy atom. The van der Waals surface area contributed by atoms with E-state index in [1.165, 1.54) is 11.8 Å². The number of hydrogen-bond donors (Lipinski definition) is 1. The Morgan fingerprint density at radius 2 is 1.50 bits per heavy atom. The lowest BCUT2D eigenvalue weighted by atomic mass is 10.1. The minimum Gasteiger partial charge on any atom is -0.490 e. The van der Waals surface area contributed by atoms with Crippen LogP contribution < -0.4 is 4.74 Å². The van der Waals surface area contributed by atoms with Gasteiger partial charge in [0.2, 0.25) is 0 Å². The lowest BCUT2D eigenvalue weighted by Gasteiger charge is -2.26. The van der Waals surface area contributed by atoms with E-state index in [1.54, 1.807) is 24.3 Å². The van der Waals surface area contributed by atoms with Crippen LogP contribution in [0.3, 0.4) is 0 Å². The first-order valence-electron chi connectivity index (χ1n) is 6.53. The van der Waals surface area contributed by atoms with Gasteiger partial charge in [-0.15, -0.1) is 0 Å². The quantitative estimate of drug-likeness (QED) is 0.874. The fourth-order valence-corrected chi connectivity index (χ4v) is 2.37. The lowest BCUT2D eigenvalue weighted by Crippen LogP contribution is -2.47. The van der Waals surface area contributed by atoms with E-state index >= 15 is 0 Å². The average molecular weight is 328 g/mol. The molecular formula is C16H15F3O2S. The molecule has 0 aliphatic rings.